The van der Waals surface area contributed by atoms with E-state index in [-0.39, 0.29) is 64.1 Å². The van der Waals surface area contributed by atoms with E-state index >= 15 is 4.79 Å². The summed E-state index contributed by atoms with van der Waals surface area (Å²) >= 11 is 0. The van der Waals surface area contributed by atoms with Crippen molar-refractivity contribution in [2.45, 2.75) is 137 Å². The minimum Gasteiger partial charge on any atom is -0.341 e. The van der Waals surface area contributed by atoms with Crippen LogP contribution >= 0.6 is 0 Å². The lowest BCUT2D eigenvalue weighted by atomic mass is 9.73. The fourth-order valence-electron chi connectivity index (χ4n) is 12.7. The first-order chi connectivity index (χ1) is 28.8. The normalized spacial score (nSPS) is 29.2. The van der Waals surface area contributed by atoms with E-state index in [1.54, 1.807) is 17.2 Å². The quantitative estimate of drug-likeness (QED) is 0.193. The van der Waals surface area contributed by atoms with Crippen LogP contribution in [0.5, 0.6) is 0 Å². The lowest BCUT2D eigenvalue weighted by molar-refractivity contribution is -0.146. The molecule has 1 aromatic heterocycles. The summed E-state index contributed by atoms with van der Waals surface area (Å²) in [6, 6.07) is 7.74. The van der Waals surface area contributed by atoms with Crippen LogP contribution in [0.15, 0.2) is 49.2 Å². The highest BCUT2D eigenvalue weighted by atomic mass is 32.2. The number of rotatable bonds is 14. The second kappa shape index (κ2) is 15.7. The molecule has 4 aliphatic carbocycles. The van der Waals surface area contributed by atoms with Gasteiger partial charge in [-0.25, -0.2) is 4.72 Å². The molecule has 6 aliphatic rings. The summed E-state index contributed by atoms with van der Waals surface area (Å²) in [5.41, 5.74) is -2.10. The Morgan fingerprint density at radius 1 is 0.934 bits per heavy atom. The summed E-state index contributed by atoms with van der Waals surface area (Å²) in [5, 5.41) is 4.68. The molecule has 0 bridgehead atoms. The van der Waals surface area contributed by atoms with E-state index in [4.69, 9.17) is 0 Å². The number of hydrogen-bond donors (Lipinski definition) is 2. The number of nitrogens with zero attached hydrogens (tertiary/aromatic N) is 3. The Kier molecular flexibility index (Phi) is 11.2. The third-order valence-electron chi connectivity index (χ3n) is 16.8. The number of aromatic nitrogens is 1. The zero-order valence-electron chi connectivity index (χ0n) is 36.8. The molecule has 2 spiro atoms. The van der Waals surface area contributed by atoms with Crippen molar-refractivity contribution in [3.63, 3.8) is 0 Å². The van der Waals surface area contributed by atoms with Gasteiger partial charge in [0.15, 0.2) is 11.6 Å². The Hall–Kier alpha value is -3.97. The number of ketones is 2. The molecule has 2 aromatic rings. The second-order valence-corrected chi connectivity index (χ2v) is 22.7. The Bertz CT molecular complexity index is 2230. The van der Waals surface area contributed by atoms with Crippen LogP contribution in [-0.4, -0.2) is 83.6 Å². The van der Waals surface area contributed by atoms with E-state index in [2.05, 4.69) is 35.4 Å². The number of Topliss-reactive ketones (excluding diaryl/α,β-unsaturated/α-hetero) is 2. The molecule has 4 saturated carbocycles. The van der Waals surface area contributed by atoms with Gasteiger partial charge in [-0.05, 0) is 90.9 Å². The van der Waals surface area contributed by atoms with Crippen molar-refractivity contribution in [1.82, 2.24) is 24.2 Å². The lowest BCUT2D eigenvalue weighted by Gasteiger charge is -2.37. The van der Waals surface area contributed by atoms with Gasteiger partial charge in [-0.1, -0.05) is 90.6 Å². The standard InChI is InChI=1S/C48H65N5O7S/c1-7-33-27-46(33,43(58)51-61(59,60)52-24-13-14-25-52)29-38(55)36-28-48(45(5,6)47(48)21-15-22-47)30-53(36)42(57)35(44(2,3)4)26-37(54)39(32-17-9-8-10-18-32)50-41(56)40-34-19-12-11-16-31(34)20-23-49-40/h7,11-12,16,19-20,23,32-33,35-36,39H,1,8-10,13-15,17-18,21-22,24-30H2,2-6H3,(H,50,56)(H,51,58)/t33-,35-,36+,39+,46-,48-/m1/s1. The molecule has 2 aliphatic heterocycles. The molecule has 0 unspecified atom stereocenters. The molecule has 6 atom stereocenters. The Morgan fingerprint density at radius 3 is 2.23 bits per heavy atom. The number of amides is 3. The summed E-state index contributed by atoms with van der Waals surface area (Å²) in [6.45, 7) is 15.3. The third kappa shape index (κ3) is 7.27. The molecule has 1 aromatic carbocycles. The second-order valence-electron chi connectivity index (χ2n) is 21.0. The maximum Gasteiger partial charge on any atom is 0.303 e. The average Bonchev–Trinajstić information content (AvgIpc) is 3.67. The van der Waals surface area contributed by atoms with Crippen LogP contribution < -0.4 is 10.0 Å². The van der Waals surface area contributed by atoms with Gasteiger partial charge in [0, 0.05) is 55.4 Å². The molecule has 8 rings (SSSR count). The van der Waals surface area contributed by atoms with Crippen molar-refractivity contribution in [3.05, 3.63) is 54.9 Å². The van der Waals surface area contributed by atoms with Gasteiger partial charge in [0.2, 0.25) is 11.8 Å². The van der Waals surface area contributed by atoms with E-state index in [9.17, 15) is 27.6 Å². The number of carbonyl (C=O) groups is 5. The minimum absolute atomic E-state index is 0.00865. The van der Waals surface area contributed by atoms with Crippen LogP contribution in [0.2, 0.25) is 0 Å². The predicted molar refractivity (Wildman–Crippen MR) is 233 cm³/mol. The van der Waals surface area contributed by atoms with Gasteiger partial charge in [0.1, 0.15) is 5.69 Å². The smallest absolute Gasteiger partial charge is 0.303 e. The first-order valence-corrected chi connectivity index (χ1v) is 24.2. The highest BCUT2D eigenvalue weighted by molar-refractivity contribution is 7.87. The molecule has 13 heteroatoms. The molecule has 330 valence electrons. The number of likely N-dealkylation sites (tertiary alicyclic amines) is 1. The zero-order valence-corrected chi connectivity index (χ0v) is 37.6. The van der Waals surface area contributed by atoms with Crippen LogP contribution in [0.1, 0.15) is 135 Å². The number of benzene rings is 1. The van der Waals surface area contributed by atoms with Crippen molar-refractivity contribution < 1.29 is 32.4 Å². The molecule has 2 saturated heterocycles. The number of fused-ring (bicyclic) bond motifs is 2. The largest absolute Gasteiger partial charge is 0.341 e. The molecule has 12 nitrogen and oxygen atoms in total. The van der Waals surface area contributed by atoms with Gasteiger partial charge < -0.3 is 10.2 Å². The van der Waals surface area contributed by atoms with Gasteiger partial charge in [-0.2, -0.15) is 12.7 Å². The third-order valence-corrected chi connectivity index (χ3v) is 18.3. The Morgan fingerprint density at radius 2 is 1.62 bits per heavy atom. The molecule has 6 fully saturated rings. The fourth-order valence-corrected chi connectivity index (χ4v) is 14.0. The van der Waals surface area contributed by atoms with Gasteiger partial charge in [-0.15, -0.1) is 6.58 Å². The van der Waals surface area contributed by atoms with Crippen molar-refractivity contribution in [2.75, 3.05) is 19.6 Å². The molecule has 3 amide bonds. The first-order valence-electron chi connectivity index (χ1n) is 22.8. The lowest BCUT2D eigenvalue weighted by Crippen LogP contribution is -2.51. The number of pyridine rings is 1. The highest BCUT2D eigenvalue weighted by Crippen LogP contribution is 2.88. The van der Waals surface area contributed by atoms with Crippen LogP contribution in [-0.2, 0) is 29.4 Å². The first kappa shape index (κ1) is 43.7. The van der Waals surface area contributed by atoms with E-state index < -0.39 is 50.9 Å². The molecular formula is C48H65N5O7S. The Labute approximate surface area is 361 Å². The van der Waals surface area contributed by atoms with Crippen LogP contribution in [0.4, 0.5) is 0 Å². The van der Waals surface area contributed by atoms with Gasteiger partial charge in [0.25, 0.3) is 5.91 Å². The maximum absolute atomic E-state index is 15.4. The average molecular weight is 856 g/mol. The van der Waals surface area contributed by atoms with Crippen molar-refractivity contribution in [1.29, 1.82) is 0 Å². The summed E-state index contributed by atoms with van der Waals surface area (Å²) in [6.07, 6.45) is 12.8. The van der Waals surface area contributed by atoms with E-state index in [0.717, 1.165) is 69.6 Å². The van der Waals surface area contributed by atoms with Gasteiger partial charge in [0.05, 0.1) is 17.5 Å². The predicted octanol–water partition coefficient (Wildman–Crippen LogP) is 6.94. The van der Waals surface area contributed by atoms with Crippen molar-refractivity contribution >= 4 is 50.3 Å². The molecule has 0 radical (unpaired) electrons. The maximum atomic E-state index is 15.4. The van der Waals surface area contributed by atoms with E-state index in [1.165, 1.54) is 4.31 Å². The number of nitrogens with one attached hydrogen (secondary N) is 2. The topological polar surface area (TPSA) is 163 Å². The van der Waals surface area contributed by atoms with Crippen molar-refractivity contribution in [2.24, 2.45) is 44.8 Å². The van der Waals surface area contributed by atoms with Crippen LogP contribution in [0.25, 0.3) is 10.8 Å². The zero-order chi connectivity index (χ0) is 43.8. The SMILES string of the molecule is C=C[C@@H]1C[C@]1(CC(=O)[C@@H]1C[C@@]2(CN1C(=O)[C@@H](CC(=O)[C@@H](NC(=O)c1nccc3ccccc13)C1CCCCC1)C(C)(C)C)C(C)(C)C21CCC1)C(=O)NS(=O)(=O)N1CCCC1. The Balaban J connectivity index is 1.07. The fraction of sp³-hybridized carbons (Fsp3) is 0.667. The number of allylic oxidation sites excluding steroid dienone is 1. The molecule has 61 heavy (non-hydrogen) atoms. The highest BCUT2D eigenvalue weighted by Gasteiger charge is 2.85. The van der Waals surface area contributed by atoms with Gasteiger partial charge >= 0.3 is 10.2 Å². The summed E-state index contributed by atoms with van der Waals surface area (Å²) < 4.78 is 30.1. The number of carbonyl (C=O) groups excluding carboxylic acids is 5. The minimum atomic E-state index is -4.07. The summed E-state index contributed by atoms with van der Waals surface area (Å²) in [4.78, 5) is 79.3. The molecule has 3 heterocycles. The molecular weight excluding hydrogens is 791 g/mol. The monoisotopic (exact) mass is 855 g/mol. The van der Waals surface area contributed by atoms with E-state index in [0.29, 0.717) is 37.9 Å². The summed E-state index contributed by atoms with van der Waals surface area (Å²) in [5.74, 6) is -3.09. The van der Waals surface area contributed by atoms with E-state index in [1.807, 2.05) is 51.1 Å². The van der Waals surface area contributed by atoms with Crippen molar-refractivity contribution in [3.8, 4) is 0 Å². The molecule has 2 N–H and O–H groups in total. The number of hydrogen-bond acceptors (Lipinski definition) is 8. The van der Waals surface area contributed by atoms with Crippen LogP contribution in [0, 0.1) is 44.8 Å². The van der Waals surface area contributed by atoms with Gasteiger partial charge in [-0.3, -0.25) is 29.0 Å². The summed E-state index contributed by atoms with van der Waals surface area (Å²) in [7, 11) is -4.07. The van der Waals surface area contributed by atoms with Crippen LogP contribution in [0.3, 0.4) is 0 Å².